The van der Waals surface area contributed by atoms with Gasteiger partial charge in [-0.3, -0.25) is 4.79 Å². The van der Waals surface area contributed by atoms with Crippen molar-refractivity contribution < 1.29 is 14.4 Å². The Kier molecular flexibility index (Phi) is 3.27. The second-order valence-corrected chi connectivity index (χ2v) is 4.62. The molecule has 1 fully saturated rings. The summed E-state index contributed by atoms with van der Waals surface area (Å²) in [6.45, 7) is 1.72. The second kappa shape index (κ2) is 4.72. The molecule has 6 heteroatoms. The van der Waals surface area contributed by atoms with Gasteiger partial charge in [0.15, 0.2) is 5.84 Å². The number of amides is 1. The van der Waals surface area contributed by atoms with Crippen LogP contribution >= 0.6 is 0 Å². The van der Waals surface area contributed by atoms with E-state index in [-0.39, 0.29) is 11.7 Å². The Morgan fingerprint density at radius 1 is 1.56 bits per heavy atom. The summed E-state index contributed by atoms with van der Waals surface area (Å²) in [6.07, 6.45) is 4.73. The molecule has 2 rings (SSSR count). The average Bonchev–Trinajstić information content (AvgIpc) is 2.97. The topological polar surface area (TPSA) is 101 Å². The molecule has 0 aliphatic heterocycles. The standard InChI is InChI=1S/C12H17N3O3/c1-8-9(4-7-18-8)10(16)14-12(11(13)15-17)5-2-3-6-12/h4,7,17H,2-3,5-6H2,1H3,(H2,13,15)(H,14,16). The highest BCUT2D eigenvalue weighted by atomic mass is 16.4. The zero-order valence-electron chi connectivity index (χ0n) is 10.3. The van der Waals surface area contributed by atoms with E-state index in [0.29, 0.717) is 24.2 Å². The Bertz CT molecular complexity index is 473. The molecule has 1 aliphatic carbocycles. The third kappa shape index (κ3) is 2.05. The van der Waals surface area contributed by atoms with E-state index in [1.54, 1.807) is 13.0 Å². The highest BCUT2D eigenvalue weighted by molar-refractivity contribution is 6.00. The van der Waals surface area contributed by atoms with Crippen LogP contribution in [-0.4, -0.2) is 22.5 Å². The second-order valence-electron chi connectivity index (χ2n) is 4.62. The molecule has 98 valence electrons. The van der Waals surface area contributed by atoms with Crippen LogP contribution in [0.3, 0.4) is 0 Å². The summed E-state index contributed by atoms with van der Waals surface area (Å²) >= 11 is 0. The molecule has 0 aromatic carbocycles. The summed E-state index contributed by atoms with van der Waals surface area (Å²) in [7, 11) is 0. The Morgan fingerprint density at radius 2 is 2.22 bits per heavy atom. The van der Waals surface area contributed by atoms with Crippen molar-refractivity contribution in [1.29, 1.82) is 0 Å². The zero-order chi connectivity index (χ0) is 13.2. The molecule has 1 amide bonds. The molecule has 0 unspecified atom stereocenters. The lowest BCUT2D eigenvalue weighted by Crippen LogP contribution is -2.55. The van der Waals surface area contributed by atoms with Gasteiger partial charge in [0.1, 0.15) is 11.3 Å². The Hall–Kier alpha value is -1.98. The molecule has 0 bridgehead atoms. The van der Waals surface area contributed by atoms with Crippen LogP contribution in [0.15, 0.2) is 21.9 Å². The number of carbonyl (C=O) groups excluding carboxylic acids is 1. The quantitative estimate of drug-likeness (QED) is 0.327. The van der Waals surface area contributed by atoms with Crippen LogP contribution in [0.1, 0.15) is 41.8 Å². The SMILES string of the molecule is Cc1occc1C(=O)NC1(/C(N)=N/O)CCCC1. The fraction of sp³-hybridized carbons (Fsp3) is 0.500. The van der Waals surface area contributed by atoms with E-state index >= 15 is 0 Å². The average molecular weight is 251 g/mol. The molecule has 4 N–H and O–H groups in total. The predicted octanol–water partition coefficient (Wildman–Crippen LogP) is 1.38. The van der Waals surface area contributed by atoms with E-state index in [4.69, 9.17) is 15.4 Å². The first-order valence-electron chi connectivity index (χ1n) is 5.94. The Labute approximate surface area is 105 Å². The molecule has 0 atom stereocenters. The van der Waals surface area contributed by atoms with Crippen LogP contribution in [0.5, 0.6) is 0 Å². The van der Waals surface area contributed by atoms with Gasteiger partial charge in [0, 0.05) is 0 Å². The van der Waals surface area contributed by atoms with Crippen LogP contribution in [0.2, 0.25) is 0 Å². The summed E-state index contributed by atoms with van der Waals surface area (Å²) in [5.74, 6) is 0.365. The molecular formula is C12H17N3O3. The first kappa shape index (κ1) is 12.5. The van der Waals surface area contributed by atoms with Gasteiger partial charge in [-0.2, -0.15) is 0 Å². The van der Waals surface area contributed by atoms with Gasteiger partial charge in [-0.05, 0) is 25.8 Å². The Morgan fingerprint density at radius 3 is 2.72 bits per heavy atom. The van der Waals surface area contributed by atoms with Gasteiger partial charge in [-0.25, -0.2) is 0 Å². The molecule has 1 heterocycles. The van der Waals surface area contributed by atoms with Gasteiger partial charge in [-0.15, -0.1) is 0 Å². The summed E-state index contributed by atoms with van der Waals surface area (Å²) in [5, 5.41) is 14.8. The molecule has 1 aliphatic rings. The number of rotatable bonds is 3. The largest absolute Gasteiger partial charge is 0.469 e. The lowest BCUT2D eigenvalue weighted by atomic mass is 9.95. The molecule has 1 aromatic rings. The first-order valence-corrected chi connectivity index (χ1v) is 5.94. The van der Waals surface area contributed by atoms with E-state index < -0.39 is 5.54 Å². The highest BCUT2D eigenvalue weighted by Crippen LogP contribution is 2.30. The van der Waals surface area contributed by atoms with Crippen molar-refractivity contribution in [3.8, 4) is 0 Å². The van der Waals surface area contributed by atoms with Crippen molar-refractivity contribution in [1.82, 2.24) is 5.32 Å². The van der Waals surface area contributed by atoms with Gasteiger partial charge >= 0.3 is 0 Å². The van der Waals surface area contributed by atoms with Gasteiger partial charge in [0.25, 0.3) is 5.91 Å². The van der Waals surface area contributed by atoms with E-state index in [1.165, 1.54) is 6.26 Å². The highest BCUT2D eigenvalue weighted by Gasteiger charge is 2.40. The minimum atomic E-state index is -0.727. The zero-order valence-corrected chi connectivity index (χ0v) is 10.3. The summed E-state index contributed by atoms with van der Waals surface area (Å²) < 4.78 is 5.10. The third-order valence-electron chi connectivity index (χ3n) is 3.51. The molecule has 18 heavy (non-hydrogen) atoms. The molecule has 0 spiro atoms. The molecule has 1 aromatic heterocycles. The number of hydrogen-bond acceptors (Lipinski definition) is 4. The number of nitrogens with one attached hydrogen (secondary N) is 1. The molecular weight excluding hydrogens is 234 g/mol. The fourth-order valence-electron chi connectivity index (χ4n) is 2.42. The van der Waals surface area contributed by atoms with Crippen molar-refractivity contribution in [3.63, 3.8) is 0 Å². The van der Waals surface area contributed by atoms with Crippen molar-refractivity contribution in [2.75, 3.05) is 0 Å². The lowest BCUT2D eigenvalue weighted by Gasteiger charge is -2.28. The minimum Gasteiger partial charge on any atom is -0.469 e. The number of nitrogens with zero attached hydrogens (tertiary/aromatic N) is 1. The predicted molar refractivity (Wildman–Crippen MR) is 65.5 cm³/mol. The van der Waals surface area contributed by atoms with Crippen LogP contribution < -0.4 is 11.1 Å². The smallest absolute Gasteiger partial charge is 0.255 e. The molecule has 0 radical (unpaired) electrons. The normalized spacial score (nSPS) is 18.8. The van der Waals surface area contributed by atoms with Crippen LogP contribution in [0, 0.1) is 6.92 Å². The molecule has 0 saturated heterocycles. The van der Waals surface area contributed by atoms with Crippen LogP contribution in [0.25, 0.3) is 0 Å². The third-order valence-corrected chi connectivity index (χ3v) is 3.51. The van der Waals surface area contributed by atoms with Crippen molar-refractivity contribution in [2.45, 2.75) is 38.1 Å². The van der Waals surface area contributed by atoms with Gasteiger partial charge < -0.3 is 20.7 Å². The maximum Gasteiger partial charge on any atom is 0.255 e. The van der Waals surface area contributed by atoms with Gasteiger partial charge in [0.2, 0.25) is 0 Å². The minimum absolute atomic E-state index is 0.0643. The van der Waals surface area contributed by atoms with E-state index in [1.807, 2.05) is 0 Å². The number of amidine groups is 1. The maximum absolute atomic E-state index is 12.1. The summed E-state index contributed by atoms with van der Waals surface area (Å²) in [4.78, 5) is 12.1. The lowest BCUT2D eigenvalue weighted by molar-refractivity contribution is 0.0921. The van der Waals surface area contributed by atoms with E-state index in [9.17, 15) is 4.79 Å². The molecule has 1 saturated carbocycles. The number of hydrogen-bond donors (Lipinski definition) is 3. The number of furan rings is 1. The number of carbonyl (C=O) groups is 1. The monoisotopic (exact) mass is 251 g/mol. The van der Waals surface area contributed by atoms with Crippen molar-refractivity contribution in [3.05, 3.63) is 23.7 Å². The Balaban J connectivity index is 2.21. The number of nitrogens with two attached hydrogens (primary N) is 1. The van der Waals surface area contributed by atoms with Crippen molar-refractivity contribution >= 4 is 11.7 Å². The number of oxime groups is 1. The van der Waals surface area contributed by atoms with Crippen molar-refractivity contribution in [2.24, 2.45) is 10.9 Å². The summed E-state index contributed by atoms with van der Waals surface area (Å²) in [6, 6.07) is 1.61. The summed E-state index contributed by atoms with van der Waals surface area (Å²) in [5.41, 5.74) is 5.47. The number of aryl methyl sites for hydroxylation is 1. The first-order chi connectivity index (χ1) is 8.59. The van der Waals surface area contributed by atoms with E-state index in [0.717, 1.165) is 12.8 Å². The van der Waals surface area contributed by atoms with Crippen LogP contribution in [-0.2, 0) is 0 Å². The van der Waals surface area contributed by atoms with Gasteiger partial charge in [-0.1, -0.05) is 18.0 Å². The molecule has 6 nitrogen and oxygen atoms in total. The van der Waals surface area contributed by atoms with E-state index in [2.05, 4.69) is 10.5 Å². The fourth-order valence-corrected chi connectivity index (χ4v) is 2.42. The van der Waals surface area contributed by atoms with Gasteiger partial charge in [0.05, 0.1) is 11.8 Å². The van der Waals surface area contributed by atoms with Crippen LogP contribution in [0.4, 0.5) is 0 Å². The maximum atomic E-state index is 12.1.